The van der Waals surface area contributed by atoms with Gasteiger partial charge in [0.25, 0.3) is 11.1 Å². The highest BCUT2D eigenvalue weighted by molar-refractivity contribution is 14.1. The Bertz CT molecular complexity index is 1030. The average molecular weight is 677 g/mol. The van der Waals surface area contributed by atoms with Crippen LogP contribution in [-0.2, 0) is 11.4 Å². The summed E-state index contributed by atoms with van der Waals surface area (Å²) >= 11 is 5.44. The zero-order valence-corrected chi connectivity index (χ0v) is 22.4. The van der Waals surface area contributed by atoms with Crippen LogP contribution in [0.3, 0.4) is 0 Å². The lowest BCUT2D eigenvalue weighted by Gasteiger charge is -2.25. The number of hydrogen-bond acceptors (Lipinski definition) is 4. The Hall–Kier alpha value is -1.14. The maximum absolute atomic E-state index is 13.1. The predicted octanol–water partition coefficient (Wildman–Crippen LogP) is 7.23. The largest absolute Gasteiger partial charge is 0.487 e. The Morgan fingerprint density at radius 2 is 1.72 bits per heavy atom. The summed E-state index contributed by atoms with van der Waals surface area (Å²) in [5.74, 6) is 0.715. The van der Waals surface area contributed by atoms with Gasteiger partial charge in [0.2, 0.25) is 0 Å². The first-order chi connectivity index (χ1) is 15.4. The van der Waals surface area contributed by atoms with E-state index in [9.17, 15) is 14.0 Å². The van der Waals surface area contributed by atoms with Crippen LogP contribution in [0.4, 0.5) is 9.18 Å². The maximum Gasteiger partial charge on any atom is 0.293 e. The van der Waals surface area contributed by atoms with Crippen LogP contribution in [0.15, 0.2) is 41.3 Å². The lowest BCUT2D eigenvalue weighted by Crippen LogP contribution is -2.34. The number of rotatable bonds is 6. The van der Waals surface area contributed by atoms with Crippen molar-refractivity contribution in [2.45, 2.75) is 38.7 Å². The van der Waals surface area contributed by atoms with E-state index in [1.807, 2.05) is 12.1 Å². The molecule has 0 unspecified atom stereocenters. The number of hydrogen-bond donors (Lipinski definition) is 0. The molecule has 1 heterocycles. The van der Waals surface area contributed by atoms with Crippen LogP contribution in [0.2, 0.25) is 0 Å². The minimum atomic E-state index is -0.273. The van der Waals surface area contributed by atoms with Gasteiger partial charge in [-0.2, -0.15) is 0 Å². The maximum atomic E-state index is 13.1. The molecule has 8 heteroatoms. The molecule has 2 amide bonds. The number of ether oxygens (including phenoxy) is 1. The van der Waals surface area contributed by atoms with Crippen molar-refractivity contribution in [2.24, 2.45) is 5.92 Å². The molecule has 2 aromatic carbocycles. The molecule has 2 aromatic rings. The molecule has 4 nitrogen and oxygen atoms in total. The molecule has 0 bridgehead atoms. The van der Waals surface area contributed by atoms with Crippen LogP contribution < -0.4 is 4.74 Å². The minimum absolute atomic E-state index is 0.171. The van der Waals surface area contributed by atoms with Gasteiger partial charge in [0.05, 0.1) is 12.0 Å². The Balaban J connectivity index is 1.45. The van der Waals surface area contributed by atoms with Crippen LogP contribution in [0, 0.1) is 18.9 Å². The summed E-state index contributed by atoms with van der Waals surface area (Å²) in [5, 5.41) is -0.171. The molecule has 0 aromatic heterocycles. The molecule has 2 fully saturated rings. The van der Waals surface area contributed by atoms with Gasteiger partial charge in [0, 0.05) is 6.54 Å². The first-order valence-corrected chi connectivity index (χ1v) is 13.5. The van der Waals surface area contributed by atoms with E-state index in [1.54, 1.807) is 18.2 Å². The molecule has 1 saturated heterocycles. The second-order valence-corrected chi connectivity index (χ2v) is 11.3. The summed E-state index contributed by atoms with van der Waals surface area (Å²) in [4.78, 5) is 27.2. The fourth-order valence-electron chi connectivity index (χ4n) is 3.97. The van der Waals surface area contributed by atoms with E-state index in [-0.39, 0.29) is 17.0 Å². The second kappa shape index (κ2) is 10.9. The van der Waals surface area contributed by atoms with Crippen molar-refractivity contribution in [1.82, 2.24) is 4.90 Å². The summed E-state index contributed by atoms with van der Waals surface area (Å²) in [7, 11) is 0. The molecular weight excluding hydrogens is 655 g/mol. The molecule has 168 valence electrons. The molecule has 1 saturated carbocycles. The predicted molar refractivity (Wildman–Crippen MR) is 142 cm³/mol. The van der Waals surface area contributed by atoms with Crippen molar-refractivity contribution >= 4 is 74.2 Å². The first-order valence-electron chi connectivity index (χ1n) is 10.5. The van der Waals surface area contributed by atoms with Crippen LogP contribution >= 0.6 is 56.9 Å². The van der Waals surface area contributed by atoms with Gasteiger partial charge in [-0.1, -0.05) is 31.4 Å². The topological polar surface area (TPSA) is 46.6 Å². The molecule has 32 heavy (non-hydrogen) atoms. The quantitative estimate of drug-likeness (QED) is 0.239. The van der Waals surface area contributed by atoms with Crippen molar-refractivity contribution in [3.8, 4) is 5.75 Å². The molecule has 0 N–H and O–H groups in total. The zero-order valence-electron chi connectivity index (χ0n) is 17.3. The normalized spacial score (nSPS) is 18.6. The third-order valence-corrected chi connectivity index (χ3v) is 8.16. The summed E-state index contributed by atoms with van der Waals surface area (Å²) in [6, 6.07) is 10.1. The zero-order chi connectivity index (χ0) is 22.7. The van der Waals surface area contributed by atoms with Gasteiger partial charge in [-0.25, -0.2) is 4.39 Å². The molecule has 4 rings (SSSR count). The van der Waals surface area contributed by atoms with E-state index in [0.717, 1.165) is 48.6 Å². The molecular formula is C24H22FI2NO3S. The minimum Gasteiger partial charge on any atom is -0.487 e. The number of imide groups is 1. The summed E-state index contributed by atoms with van der Waals surface area (Å²) in [6.07, 6.45) is 7.60. The SMILES string of the molecule is O=C1S/C(=C/c2cc(I)c(OCc3ccc(F)cc3)c(I)c2)C(=O)N1CC1CCCCC1. The van der Waals surface area contributed by atoms with Gasteiger partial charge in [-0.3, -0.25) is 14.5 Å². The second-order valence-electron chi connectivity index (χ2n) is 8.03. The third-order valence-electron chi connectivity index (χ3n) is 5.65. The number of carbonyl (C=O) groups excluding carboxylic acids is 2. The van der Waals surface area contributed by atoms with Crippen LogP contribution in [0.25, 0.3) is 6.08 Å². The van der Waals surface area contributed by atoms with Crippen LogP contribution in [-0.4, -0.2) is 22.6 Å². The Kier molecular flexibility index (Phi) is 8.14. The van der Waals surface area contributed by atoms with E-state index >= 15 is 0 Å². The average Bonchev–Trinajstić information content (AvgIpc) is 3.02. The molecule has 0 radical (unpaired) electrons. The van der Waals surface area contributed by atoms with Crippen LogP contribution in [0.1, 0.15) is 43.2 Å². The summed E-state index contributed by atoms with van der Waals surface area (Å²) in [5.41, 5.74) is 1.74. The van der Waals surface area contributed by atoms with Gasteiger partial charge in [0.15, 0.2) is 0 Å². The first kappa shape index (κ1) is 24.0. The number of nitrogens with zero attached hydrogens (tertiary/aromatic N) is 1. The fraction of sp³-hybridized carbons (Fsp3) is 0.333. The summed E-state index contributed by atoms with van der Waals surface area (Å²) in [6.45, 7) is 0.874. The Labute approximate surface area is 218 Å². The number of thioether (sulfide) groups is 1. The van der Waals surface area contributed by atoms with Gasteiger partial charge < -0.3 is 4.74 Å². The number of halogens is 3. The lowest BCUT2D eigenvalue weighted by atomic mass is 9.89. The van der Waals surface area contributed by atoms with E-state index in [4.69, 9.17) is 4.74 Å². The highest BCUT2D eigenvalue weighted by Crippen LogP contribution is 2.36. The van der Waals surface area contributed by atoms with Crippen molar-refractivity contribution in [3.63, 3.8) is 0 Å². The van der Waals surface area contributed by atoms with Crippen molar-refractivity contribution in [2.75, 3.05) is 6.54 Å². The molecule has 1 aliphatic heterocycles. The summed E-state index contributed by atoms with van der Waals surface area (Å²) < 4.78 is 20.9. The highest BCUT2D eigenvalue weighted by atomic mass is 127. The lowest BCUT2D eigenvalue weighted by molar-refractivity contribution is -0.123. The number of benzene rings is 2. The number of amides is 2. The van der Waals surface area contributed by atoms with Crippen molar-refractivity contribution in [1.29, 1.82) is 0 Å². The van der Waals surface area contributed by atoms with Gasteiger partial charge in [0.1, 0.15) is 18.2 Å². The van der Waals surface area contributed by atoms with E-state index in [0.29, 0.717) is 24.0 Å². The van der Waals surface area contributed by atoms with Gasteiger partial charge in [-0.15, -0.1) is 0 Å². The van der Waals surface area contributed by atoms with Gasteiger partial charge >= 0.3 is 0 Å². The Morgan fingerprint density at radius 3 is 2.38 bits per heavy atom. The molecule has 2 aliphatic rings. The van der Waals surface area contributed by atoms with Crippen LogP contribution in [0.5, 0.6) is 5.75 Å². The molecule has 0 atom stereocenters. The number of carbonyl (C=O) groups is 2. The van der Waals surface area contributed by atoms with E-state index in [2.05, 4.69) is 45.2 Å². The van der Waals surface area contributed by atoms with E-state index < -0.39 is 0 Å². The molecule has 1 aliphatic carbocycles. The molecule has 0 spiro atoms. The smallest absolute Gasteiger partial charge is 0.293 e. The van der Waals surface area contributed by atoms with E-state index in [1.165, 1.54) is 36.3 Å². The standard InChI is InChI=1S/C24H22FI2NO3S/c25-18-8-6-16(7-9-18)14-31-22-19(26)10-17(11-20(22)27)12-21-23(29)28(24(30)32-21)13-15-4-2-1-3-5-15/h6-12,15H,1-5,13-14H2/b21-12+. The Morgan fingerprint density at radius 1 is 1.06 bits per heavy atom. The third kappa shape index (κ3) is 5.85. The highest BCUT2D eigenvalue weighted by Gasteiger charge is 2.36. The van der Waals surface area contributed by atoms with Gasteiger partial charge in [-0.05, 0) is 117 Å². The van der Waals surface area contributed by atoms with Crippen molar-refractivity contribution < 1.29 is 18.7 Å². The van der Waals surface area contributed by atoms with Crippen molar-refractivity contribution in [3.05, 3.63) is 65.4 Å². The monoisotopic (exact) mass is 677 g/mol. The fourth-order valence-corrected chi connectivity index (χ4v) is 6.95.